The highest BCUT2D eigenvalue weighted by atomic mass is 32.2. The molecule has 0 amide bonds. The number of nitro groups is 1. The first-order valence-electron chi connectivity index (χ1n) is 4.39. The highest BCUT2D eigenvalue weighted by molar-refractivity contribution is 7.84. The summed E-state index contributed by atoms with van der Waals surface area (Å²) in [6.07, 6.45) is 0. The Hall–Kier alpha value is -1.83. The topological polar surface area (TPSA) is 97.5 Å². The molecule has 92 valence electrons. The number of rotatable bonds is 5. The van der Waals surface area contributed by atoms with Crippen molar-refractivity contribution in [1.29, 1.82) is 0 Å². The predicted octanol–water partition coefficient (Wildman–Crippen LogP) is 1.07. The second-order valence-electron chi connectivity index (χ2n) is 3.17. The number of hydrogen-bond acceptors (Lipinski definition) is 4. The van der Waals surface area contributed by atoms with E-state index in [9.17, 15) is 23.5 Å². The van der Waals surface area contributed by atoms with Crippen molar-refractivity contribution in [3.8, 4) is 0 Å². The number of hydrogen-bond donors (Lipinski definition) is 1. The van der Waals surface area contributed by atoms with Crippen molar-refractivity contribution >= 4 is 22.5 Å². The summed E-state index contributed by atoms with van der Waals surface area (Å²) in [6.45, 7) is 0. The maximum atomic E-state index is 13.2. The number of nitro benzene ring substituents is 1. The zero-order chi connectivity index (χ0) is 13.0. The third-order valence-electron chi connectivity index (χ3n) is 1.82. The lowest BCUT2D eigenvalue weighted by atomic mass is 10.2. The Labute approximate surface area is 97.7 Å². The van der Waals surface area contributed by atoms with E-state index in [0.717, 1.165) is 12.1 Å². The molecule has 1 atom stereocenters. The highest BCUT2D eigenvalue weighted by Crippen LogP contribution is 2.18. The summed E-state index contributed by atoms with van der Waals surface area (Å²) in [4.78, 5) is 19.7. The number of halogens is 1. The molecule has 17 heavy (non-hydrogen) atoms. The lowest BCUT2D eigenvalue weighted by molar-refractivity contribution is -0.387. The van der Waals surface area contributed by atoms with Gasteiger partial charge in [-0.15, -0.1) is 0 Å². The van der Waals surface area contributed by atoms with E-state index in [1.165, 1.54) is 6.07 Å². The van der Waals surface area contributed by atoms with Crippen LogP contribution in [-0.2, 0) is 21.3 Å². The van der Waals surface area contributed by atoms with Crippen molar-refractivity contribution in [1.82, 2.24) is 0 Å². The molecule has 0 radical (unpaired) electrons. The molecule has 1 rings (SSSR count). The molecule has 0 aliphatic heterocycles. The SMILES string of the molecule is O=C(O)CS(=O)Cc1ccc([N+](=O)[O-])c(F)c1. The summed E-state index contributed by atoms with van der Waals surface area (Å²) in [5.74, 6) is -2.94. The van der Waals surface area contributed by atoms with E-state index in [2.05, 4.69) is 0 Å². The number of carbonyl (C=O) groups is 1. The van der Waals surface area contributed by atoms with Gasteiger partial charge in [0.15, 0.2) is 0 Å². The molecule has 0 heterocycles. The van der Waals surface area contributed by atoms with E-state index in [1.807, 2.05) is 0 Å². The summed E-state index contributed by atoms with van der Waals surface area (Å²) < 4.78 is 24.4. The molecule has 0 aliphatic carbocycles. The van der Waals surface area contributed by atoms with Gasteiger partial charge in [-0.2, -0.15) is 4.39 Å². The number of benzene rings is 1. The van der Waals surface area contributed by atoms with Gasteiger partial charge in [-0.3, -0.25) is 19.1 Å². The molecule has 0 bridgehead atoms. The summed E-state index contributed by atoms with van der Waals surface area (Å²) >= 11 is 0. The Morgan fingerprint density at radius 1 is 1.53 bits per heavy atom. The minimum Gasteiger partial charge on any atom is -0.481 e. The third-order valence-corrected chi connectivity index (χ3v) is 3.05. The van der Waals surface area contributed by atoms with E-state index in [1.54, 1.807) is 0 Å². The van der Waals surface area contributed by atoms with E-state index >= 15 is 0 Å². The smallest absolute Gasteiger partial charge is 0.316 e. The molecular formula is C9H8FNO5S. The van der Waals surface area contributed by atoms with E-state index in [4.69, 9.17) is 5.11 Å². The van der Waals surface area contributed by atoms with Crippen molar-refractivity contribution in [2.24, 2.45) is 0 Å². The van der Waals surface area contributed by atoms with Crippen LogP contribution in [0.25, 0.3) is 0 Å². The lowest BCUT2D eigenvalue weighted by Gasteiger charge is -2.01. The van der Waals surface area contributed by atoms with Gasteiger partial charge < -0.3 is 5.11 Å². The molecule has 1 aromatic carbocycles. The number of aliphatic carboxylic acids is 1. The maximum Gasteiger partial charge on any atom is 0.316 e. The summed E-state index contributed by atoms with van der Waals surface area (Å²) in [6, 6.07) is 3.10. The number of nitrogens with zero attached hydrogens (tertiary/aromatic N) is 1. The fraction of sp³-hybridized carbons (Fsp3) is 0.222. The lowest BCUT2D eigenvalue weighted by Crippen LogP contribution is -2.10. The van der Waals surface area contributed by atoms with Crippen LogP contribution >= 0.6 is 0 Å². The molecule has 6 nitrogen and oxygen atoms in total. The minimum atomic E-state index is -1.66. The van der Waals surface area contributed by atoms with Crippen LogP contribution in [-0.4, -0.2) is 26.0 Å². The van der Waals surface area contributed by atoms with Gasteiger partial charge in [-0.1, -0.05) is 6.07 Å². The standard InChI is InChI=1S/C9H8FNO5S/c10-7-3-6(1-2-8(7)11(14)15)4-17(16)5-9(12)13/h1-3H,4-5H2,(H,12,13). The average Bonchev–Trinajstić information content (AvgIpc) is 2.15. The normalized spacial score (nSPS) is 12.1. The molecule has 0 saturated heterocycles. The summed E-state index contributed by atoms with van der Waals surface area (Å²) in [7, 11) is -1.66. The van der Waals surface area contributed by atoms with Crippen LogP contribution in [0.1, 0.15) is 5.56 Å². The quantitative estimate of drug-likeness (QED) is 0.631. The van der Waals surface area contributed by atoms with Crippen LogP contribution in [0.4, 0.5) is 10.1 Å². The Bertz CT molecular complexity index is 490. The van der Waals surface area contributed by atoms with Crippen molar-refractivity contribution in [3.63, 3.8) is 0 Å². The molecule has 1 unspecified atom stereocenters. The largest absolute Gasteiger partial charge is 0.481 e. The van der Waals surface area contributed by atoms with Crippen LogP contribution in [0.3, 0.4) is 0 Å². The highest BCUT2D eigenvalue weighted by Gasteiger charge is 2.15. The van der Waals surface area contributed by atoms with Crippen LogP contribution in [0.2, 0.25) is 0 Å². The number of carboxylic acid groups (broad SMARTS) is 1. The molecule has 0 aromatic heterocycles. The van der Waals surface area contributed by atoms with Gasteiger partial charge in [0.05, 0.1) is 4.92 Å². The second-order valence-corrected chi connectivity index (χ2v) is 4.62. The van der Waals surface area contributed by atoms with Crippen LogP contribution in [0.5, 0.6) is 0 Å². The van der Waals surface area contributed by atoms with Gasteiger partial charge in [0.25, 0.3) is 0 Å². The van der Waals surface area contributed by atoms with Gasteiger partial charge in [-0.25, -0.2) is 0 Å². The molecule has 0 fully saturated rings. The molecule has 0 saturated carbocycles. The van der Waals surface area contributed by atoms with E-state index in [0.29, 0.717) is 0 Å². The third kappa shape index (κ3) is 3.91. The van der Waals surface area contributed by atoms with Crippen molar-refractivity contribution < 1.29 is 23.4 Å². The van der Waals surface area contributed by atoms with E-state index < -0.39 is 38.9 Å². The predicted molar refractivity (Wildman–Crippen MR) is 57.4 cm³/mol. The van der Waals surface area contributed by atoms with Crippen LogP contribution in [0.15, 0.2) is 18.2 Å². The minimum absolute atomic E-state index is 0.152. The number of carboxylic acids is 1. The van der Waals surface area contributed by atoms with Crippen LogP contribution < -0.4 is 0 Å². The summed E-state index contributed by atoms with van der Waals surface area (Å²) in [5, 5.41) is 18.7. The Morgan fingerprint density at radius 3 is 2.65 bits per heavy atom. The second kappa shape index (κ2) is 5.48. The Morgan fingerprint density at radius 2 is 2.18 bits per heavy atom. The molecule has 8 heteroatoms. The van der Waals surface area contributed by atoms with Crippen LogP contribution in [0, 0.1) is 15.9 Å². The average molecular weight is 261 g/mol. The van der Waals surface area contributed by atoms with Gasteiger partial charge in [0, 0.05) is 22.6 Å². The van der Waals surface area contributed by atoms with Gasteiger partial charge in [-0.05, 0) is 11.6 Å². The molecule has 1 aromatic rings. The van der Waals surface area contributed by atoms with Crippen molar-refractivity contribution in [2.45, 2.75) is 5.75 Å². The van der Waals surface area contributed by atoms with Crippen molar-refractivity contribution in [3.05, 3.63) is 39.7 Å². The molecule has 0 spiro atoms. The first-order chi connectivity index (χ1) is 7.90. The summed E-state index contributed by atoms with van der Waals surface area (Å²) in [5.41, 5.74) is -0.412. The monoisotopic (exact) mass is 261 g/mol. The first kappa shape index (κ1) is 13.2. The van der Waals surface area contributed by atoms with Crippen molar-refractivity contribution in [2.75, 3.05) is 5.75 Å². The first-order valence-corrected chi connectivity index (χ1v) is 5.88. The van der Waals surface area contributed by atoms with Gasteiger partial charge >= 0.3 is 11.7 Å². The molecule has 0 aliphatic rings. The Balaban J connectivity index is 2.81. The van der Waals surface area contributed by atoms with E-state index in [-0.39, 0.29) is 11.3 Å². The zero-order valence-corrected chi connectivity index (χ0v) is 9.28. The molecular weight excluding hydrogens is 253 g/mol. The Kier molecular flexibility index (Phi) is 4.27. The fourth-order valence-corrected chi connectivity index (χ4v) is 2.09. The zero-order valence-electron chi connectivity index (χ0n) is 8.46. The maximum absolute atomic E-state index is 13.2. The van der Waals surface area contributed by atoms with Gasteiger partial charge in [0.1, 0.15) is 5.75 Å². The molecule has 1 N–H and O–H groups in total. The fourth-order valence-electron chi connectivity index (χ4n) is 1.16. The van der Waals surface area contributed by atoms with Gasteiger partial charge in [0.2, 0.25) is 5.82 Å².